The molecule has 0 saturated carbocycles. The molecule has 0 saturated heterocycles. The lowest BCUT2D eigenvalue weighted by molar-refractivity contribution is 1.07. The van der Waals surface area contributed by atoms with E-state index in [0.717, 1.165) is 55.7 Å². The summed E-state index contributed by atoms with van der Waals surface area (Å²) in [7, 11) is 0. The van der Waals surface area contributed by atoms with Crippen LogP contribution in [0.25, 0.3) is 123 Å². The normalized spacial score (nSPS) is 11.5. The zero-order valence-corrected chi connectivity index (χ0v) is 36.9. The molecule has 0 unspecified atom stereocenters. The molecule has 10 aromatic carbocycles. The largest absolute Gasteiger partial charge is 0.309 e. The number of hydrogen-bond donors (Lipinski definition) is 0. The summed E-state index contributed by atoms with van der Waals surface area (Å²) in [5.74, 6) is 1.91. The van der Waals surface area contributed by atoms with Gasteiger partial charge in [-0.1, -0.05) is 176 Å². The molecular weight excluding hydrogens is 827 g/mol. The average Bonchev–Trinajstić information content (AvgIpc) is 3.93. The minimum absolute atomic E-state index is 0.627. The molecule has 0 bridgehead atoms. The van der Waals surface area contributed by atoms with Crippen LogP contribution >= 0.6 is 0 Å². The first-order valence-electron chi connectivity index (χ1n) is 23.0. The van der Waals surface area contributed by atoms with Crippen molar-refractivity contribution in [1.29, 1.82) is 0 Å². The predicted octanol–water partition coefficient (Wildman–Crippen LogP) is 16.1. The third kappa shape index (κ3) is 6.84. The smallest absolute Gasteiger partial charge is 0.164 e. The van der Waals surface area contributed by atoms with Crippen LogP contribution in [0, 0.1) is 0 Å². The number of aromatic nitrogens is 5. The molecule has 0 fully saturated rings. The monoisotopic (exact) mass is 867 g/mol. The summed E-state index contributed by atoms with van der Waals surface area (Å²) in [6.45, 7) is 0. The average molecular weight is 868 g/mol. The lowest BCUT2D eigenvalue weighted by atomic mass is 9.93. The molecule has 13 rings (SSSR count). The summed E-state index contributed by atoms with van der Waals surface area (Å²) in [5, 5.41) is 4.83. The lowest BCUT2D eigenvalue weighted by Gasteiger charge is -2.13. The number of hydrogen-bond acceptors (Lipinski definition) is 3. The van der Waals surface area contributed by atoms with Crippen molar-refractivity contribution in [2.75, 3.05) is 0 Å². The van der Waals surface area contributed by atoms with Crippen LogP contribution in [0.2, 0.25) is 0 Å². The molecule has 13 aromatic rings. The topological polar surface area (TPSA) is 48.5 Å². The number of para-hydroxylation sites is 2. The Hall–Kier alpha value is -9.19. The van der Waals surface area contributed by atoms with Gasteiger partial charge in [-0.3, -0.25) is 0 Å². The Morgan fingerprint density at radius 3 is 1.04 bits per heavy atom. The Labute approximate surface area is 393 Å². The summed E-state index contributed by atoms with van der Waals surface area (Å²) in [4.78, 5) is 14.9. The van der Waals surface area contributed by atoms with Gasteiger partial charge in [0.1, 0.15) is 0 Å². The molecular formula is C63H41N5. The molecule has 3 heterocycles. The summed E-state index contributed by atoms with van der Waals surface area (Å²) in [6, 6.07) is 88.5. The fourth-order valence-electron chi connectivity index (χ4n) is 9.89. The van der Waals surface area contributed by atoms with E-state index < -0.39 is 0 Å². The van der Waals surface area contributed by atoms with Crippen LogP contribution < -0.4 is 0 Å². The van der Waals surface area contributed by atoms with Gasteiger partial charge in [-0.05, 0) is 106 Å². The van der Waals surface area contributed by atoms with Gasteiger partial charge in [0.25, 0.3) is 0 Å². The minimum Gasteiger partial charge on any atom is -0.309 e. The number of benzene rings is 10. The van der Waals surface area contributed by atoms with Crippen LogP contribution in [-0.4, -0.2) is 24.1 Å². The zero-order chi connectivity index (χ0) is 45.0. The Morgan fingerprint density at radius 2 is 0.544 bits per heavy atom. The van der Waals surface area contributed by atoms with E-state index in [9.17, 15) is 0 Å². The summed E-state index contributed by atoms with van der Waals surface area (Å²) in [5.41, 5.74) is 16.6. The van der Waals surface area contributed by atoms with Crippen molar-refractivity contribution < 1.29 is 0 Å². The predicted molar refractivity (Wildman–Crippen MR) is 281 cm³/mol. The highest BCUT2D eigenvalue weighted by Crippen LogP contribution is 2.40. The van der Waals surface area contributed by atoms with E-state index in [2.05, 4.69) is 197 Å². The van der Waals surface area contributed by atoms with Crippen LogP contribution in [0.15, 0.2) is 249 Å². The SMILES string of the molecule is c1ccc(-c2cc(-c3ccccc3)cc(-c3ccc4c5ccccc5n(-c5ccc6c7ccccc7n(-c7ccc(-c8nc(-c9ccccc9)nc(-c9ccccc9)n8)cc7)c6c5)c4c3)c2)cc1. The van der Waals surface area contributed by atoms with Crippen molar-refractivity contribution in [3.05, 3.63) is 249 Å². The van der Waals surface area contributed by atoms with Gasteiger partial charge in [0.05, 0.1) is 22.1 Å². The van der Waals surface area contributed by atoms with E-state index >= 15 is 0 Å². The molecule has 0 atom stereocenters. The van der Waals surface area contributed by atoms with Gasteiger partial charge in [0.2, 0.25) is 0 Å². The van der Waals surface area contributed by atoms with Gasteiger partial charge >= 0.3 is 0 Å². The third-order valence-corrected chi connectivity index (χ3v) is 13.2. The molecule has 68 heavy (non-hydrogen) atoms. The van der Waals surface area contributed by atoms with Crippen LogP contribution in [0.1, 0.15) is 0 Å². The molecule has 0 aliphatic rings. The maximum Gasteiger partial charge on any atom is 0.164 e. The fourth-order valence-corrected chi connectivity index (χ4v) is 9.89. The van der Waals surface area contributed by atoms with Crippen molar-refractivity contribution >= 4 is 43.6 Å². The van der Waals surface area contributed by atoms with Gasteiger partial charge < -0.3 is 9.13 Å². The Kier molecular flexibility index (Phi) is 9.43. The highest BCUT2D eigenvalue weighted by atomic mass is 15.0. The highest BCUT2D eigenvalue weighted by Gasteiger charge is 2.19. The molecule has 0 amide bonds. The van der Waals surface area contributed by atoms with Crippen LogP contribution in [-0.2, 0) is 0 Å². The van der Waals surface area contributed by atoms with E-state index in [1.54, 1.807) is 0 Å². The summed E-state index contributed by atoms with van der Waals surface area (Å²) < 4.78 is 4.82. The van der Waals surface area contributed by atoms with Crippen molar-refractivity contribution in [2.45, 2.75) is 0 Å². The maximum absolute atomic E-state index is 5.01. The molecule has 0 spiro atoms. The first kappa shape index (κ1) is 39.2. The number of nitrogens with zero attached hydrogens (tertiary/aromatic N) is 5. The summed E-state index contributed by atoms with van der Waals surface area (Å²) in [6.07, 6.45) is 0. The second-order valence-corrected chi connectivity index (χ2v) is 17.3. The van der Waals surface area contributed by atoms with Gasteiger partial charge in [-0.2, -0.15) is 0 Å². The van der Waals surface area contributed by atoms with E-state index in [1.165, 1.54) is 49.4 Å². The second-order valence-electron chi connectivity index (χ2n) is 17.3. The zero-order valence-electron chi connectivity index (χ0n) is 36.9. The fraction of sp³-hybridized carbons (Fsp3) is 0. The van der Waals surface area contributed by atoms with Crippen LogP contribution in [0.4, 0.5) is 0 Å². The number of fused-ring (bicyclic) bond motifs is 6. The van der Waals surface area contributed by atoms with Gasteiger partial charge in [0, 0.05) is 49.6 Å². The first-order valence-corrected chi connectivity index (χ1v) is 23.0. The van der Waals surface area contributed by atoms with Gasteiger partial charge in [-0.25, -0.2) is 15.0 Å². The lowest BCUT2D eigenvalue weighted by Crippen LogP contribution is -2.00. The van der Waals surface area contributed by atoms with Crippen molar-refractivity contribution in [2.24, 2.45) is 0 Å². The van der Waals surface area contributed by atoms with Gasteiger partial charge in [0.15, 0.2) is 17.5 Å². The third-order valence-electron chi connectivity index (χ3n) is 13.2. The van der Waals surface area contributed by atoms with Crippen molar-refractivity contribution in [1.82, 2.24) is 24.1 Å². The molecule has 5 nitrogen and oxygen atoms in total. The Bertz CT molecular complexity index is 3870. The van der Waals surface area contributed by atoms with Crippen molar-refractivity contribution in [3.8, 4) is 78.9 Å². The summed E-state index contributed by atoms with van der Waals surface area (Å²) >= 11 is 0. The highest BCUT2D eigenvalue weighted by molar-refractivity contribution is 6.12. The second kappa shape index (κ2) is 16.4. The van der Waals surface area contributed by atoms with E-state index in [-0.39, 0.29) is 0 Å². The molecule has 0 aliphatic carbocycles. The standard InChI is InChI=1S/C63H41N5/c1-5-17-42(18-6-1)48-37-49(43-19-7-2-8-20-43)39-50(38-48)47-31-35-55-53-25-14-16-28-58(53)68(59(55)40-47)52-34-36-56-54-26-13-15-27-57(54)67(60(56)41-52)51-32-29-46(30-33-51)63-65-61(44-21-9-3-10-22-44)64-62(66-63)45-23-11-4-12-24-45/h1-41H. The van der Waals surface area contributed by atoms with E-state index in [4.69, 9.17) is 15.0 Å². The van der Waals surface area contributed by atoms with Crippen LogP contribution in [0.5, 0.6) is 0 Å². The van der Waals surface area contributed by atoms with E-state index in [0.29, 0.717) is 17.5 Å². The minimum atomic E-state index is 0.627. The van der Waals surface area contributed by atoms with Gasteiger partial charge in [-0.15, -0.1) is 0 Å². The molecule has 0 N–H and O–H groups in total. The molecule has 318 valence electrons. The maximum atomic E-state index is 5.01. The molecule has 3 aromatic heterocycles. The van der Waals surface area contributed by atoms with Crippen molar-refractivity contribution in [3.63, 3.8) is 0 Å². The molecule has 0 radical (unpaired) electrons. The van der Waals surface area contributed by atoms with Crippen LogP contribution in [0.3, 0.4) is 0 Å². The number of rotatable bonds is 8. The Balaban J connectivity index is 0.958. The van der Waals surface area contributed by atoms with E-state index in [1.807, 2.05) is 60.7 Å². The molecule has 0 aliphatic heterocycles. The molecule has 5 heteroatoms. The first-order chi connectivity index (χ1) is 33.7. The quantitative estimate of drug-likeness (QED) is 0.153. The Morgan fingerprint density at radius 1 is 0.206 bits per heavy atom.